The van der Waals surface area contributed by atoms with Crippen molar-refractivity contribution in [2.45, 2.75) is 38.9 Å². The first-order valence-corrected chi connectivity index (χ1v) is 7.32. The second-order valence-corrected chi connectivity index (χ2v) is 5.53. The molecule has 2 aromatic rings. The predicted molar refractivity (Wildman–Crippen MR) is 74.9 cm³/mol. The van der Waals surface area contributed by atoms with Gasteiger partial charge in [0.05, 0.1) is 6.54 Å². The Hall–Kier alpha value is -2.32. The van der Waals surface area contributed by atoms with Crippen molar-refractivity contribution >= 4 is 5.91 Å². The maximum absolute atomic E-state index is 12.6. The van der Waals surface area contributed by atoms with E-state index in [9.17, 15) is 18.0 Å². The highest BCUT2D eigenvalue weighted by Crippen LogP contribution is 2.28. The number of aromatic amines is 1. The first-order chi connectivity index (χ1) is 10.9. The van der Waals surface area contributed by atoms with Gasteiger partial charge in [-0.1, -0.05) is 0 Å². The zero-order valence-electron chi connectivity index (χ0n) is 12.5. The van der Waals surface area contributed by atoms with Crippen molar-refractivity contribution in [1.82, 2.24) is 25.3 Å². The van der Waals surface area contributed by atoms with Gasteiger partial charge in [0.15, 0.2) is 11.4 Å². The van der Waals surface area contributed by atoms with Gasteiger partial charge in [0.2, 0.25) is 0 Å². The van der Waals surface area contributed by atoms with Crippen LogP contribution < -0.4 is 5.32 Å². The molecule has 23 heavy (non-hydrogen) atoms. The van der Waals surface area contributed by atoms with Crippen LogP contribution in [0.25, 0.3) is 0 Å². The minimum atomic E-state index is -4.46. The summed E-state index contributed by atoms with van der Waals surface area (Å²) in [5.74, 6) is -0.315. The Kier molecular flexibility index (Phi) is 3.87. The molecular weight excluding hydrogens is 311 g/mol. The predicted octanol–water partition coefficient (Wildman–Crippen LogP) is 1.85. The molecule has 0 saturated heterocycles. The van der Waals surface area contributed by atoms with Crippen LogP contribution in [0.5, 0.6) is 0 Å². The number of hydrogen-bond donors (Lipinski definition) is 2. The lowest BCUT2D eigenvalue weighted by molar-refractivity contribution is -0.141. The number of hydrogen-bond acceptors (Lipinski definition) is 3. The number of aromatic nitrogens is 4. The fourth-order valence-electron chi connectivity index (χ4n) is 2.74. The average Bonchev–Trinajstić information content (AvgIpc) is 3.13. The molecule has 3 rings (SSSR count). The van der Waals surface area contributed by atoms with Gasteiger partial charge in [-0.25, -0.2) is 0 Å². The number of alkyl halides is 3. The highest BCUT2D eigenvalue weighted by molar-refractivity contribution is 5.94. The molecule has 0 unspecified atom stereocenters. The maximum Gasteiger partial charge on any atom is 0.435 e. The SMILES string of the molecule is Cc1cc(C(F)(F)F)nn1CCNC(=O)c1n[nH]c2c1CCC2. The number of halogens is 3. The molecule has 0 aromatic carbocycles. The molecule has 1 aliphatic carbocycles. The van der Waals surface area contributed by atoms with Gasteiger partial charge in [0.25, 0.3) is 5.91 Å². The molecule has 0 spiro atoms. The summed E-state index contributed by atoms with van der Waals surface area (Å²) in [6.45, 7) is 1.89. The van der Waals surface area contributed by atoms with Crippen LogP contribution in [0.2, 0.25) is 0 Å². The minimum absolute atomic E-state index is 0.167. The first kappa shape index (κ1) is 15.6. The standard InChI is InChI=1S/C14H16F3N5O/c1-8-7-11(14(15,16)17)21-22(8)6-5-18-13(23)12-9-3-2-4-10(9)19-20-12/h7H,2-6H2,1H3,(H,18,23)(H,19,20). The van der Waals surface area contributed by atoms with Crippen LogP contribution in [0.1, 0.15) is 39.6 Å². The van der Waals surface area contributed by atoms with Gasteiger partial charge in [-0.15, -0.1) is 0 Å². The van der Waals surface area contributed by atoms with Crippen molar-refractivity contribution in [2.24, 2.45) is 0 Å². The number of carbonyl (C=O) groups is 1. The van der Waals surface area contributed by atoms with Gasteiger partial charge in [-0.3, -0.25) is 14.6 Å². The molecule has 0 radical (unpaired) electrons. The summed E-state index contributed by atoms with van der Waals surface area (Å²) in [6, 6.07) is 0.989. The van der Waals surface area contributed by atoms with E-state index in [4.69, 9.17) is 0 Å². The topological polar surface area (TPSA) is 75.6 Å². The van der Waals surface area contributed by atoms with E-state index < -0.39 is 11.9 Å². The number of aryl methyl sites for hydroxylation is 2. The third kappa shape index (κ3) is 3.08. The monoisotopic (exact) mass is 327 g/mol. The van der Waals surface area contributed by atoms with E-state index in [1.165, 1.54) is 4.68 Å². The molecule has 0 bridgehead atoms. The van der Waals surface area contributed by atoms with Crippen molar-refractivity contribution in [2.75, 3.05) is 6.54 Å². The van der Waals surface area contributed by atoms with E-state index in [2.05, 4.69) is 20.6 Å². The number of carbonyl (C=O) groups excluding carboxylic acids is 1. The highest BCUT2D eigenvalue weighted by Gasteiger charge is 2.34. The molecular formula is C14H16F3N5O. The van der Waals surface area contributed by atoms with Crippen LogP contribution in [0.4, 0.5) is 13.2 Å². The van der Waals surface area contributed by atoms with Crippen molar-refractivity contribution < 1.29 is 18.0 Å². The van der Waals surface area contributed by atoms with Crippen LogP contribution >= 0.6 is 0 Å². The molecule has 6 nitrogen and oxygen atoms in total. The number of H-pyrrole nitrogens is 1. The number of rotatable bonds is 4. The Bertz CT molecular complexity index is 731. The lowest BCUT2D eigenvalue weighted by Crippen LogP contribution is -2.28. The summed E-state index contributed by atoms with van der Waals surface area (Å²) in [5.41, 5.74) is 1.79. The third-order valence-corrected chi connectivity index (χ3v) is 3.90. The fraction of sp³-hybridized carbons (Fsp3) is 0.500. The van der Waals surface area contributed by atoms with Gasteiger partial charge in [0, 0.05) is 23.5 Å². The largest absolute Gasteiger partial charge is 0.435 e. The molecule has 0 atom stereocenters. The molecule has 0 fully saturated rings. The lowest BCUT2D eigenvalue weighted by Gasteiger charge is -2.06. The van der Waals surface area contributed by atoms with Gasteiger partial charge in [-0.2, -0.15) is 23.4 Å². The minimum Gasteiger partial charge on any atom is -0.349 e. The Labute approximate surface area is 130 Å². The summed E-state index contributed by atoms with van der Waals surface area (Å²) < 4.78 is 39.0. The van der Waals surface area contributed by atoms with Gasteiger partial charge < -0.3 is 5.32 Å². The quantitative estimate of drug-likeness (QED) is 0.900. The second-order valence-electron chi connectivity index (χ2n) is 5.53. The van der Waals surface area contributed by atoms with E-state index in [1.807, 2.05) is 0 Å². The number of amides is 1. The molecule has 0 saturated carbocycles. The Balaban J connectivity index is 1.59. The van der Waals surface area contributed by atoms with Crippen molar-refractivity contribution in [1.29, 1.82) is 0 Å². The molecule has 1 aliphatic rings. The molecule has 124 valence electrons. The van der Waals surface area contributed by atoms with E-state index in [1.54, 1.807) is 6.92 Å². The smallest absolute Gasteiger partial charge is 0.349 e. The number of nitrogens with one attached hydrogen (secondary N) is 2. The summed E-state index contributed by atoms with van der Waals surface area (Å²) >= 11 is 0. The van der Waals surface area contributed by atoms with E-state index in [-0.39, 0.29) is 19.0 Å². The van der Waals surface area contributed by atoms with Crippen LogP contribution in [0.15, 0.2) is 6.07 Å². The molecule has 0 aliphatic heterocycles. The van der Waals surface area contributed by atoms with E-state index in [0.29, 0.717) is 11.4 Å². The van der Waals surface area contributed by atoms with E-state index >= 15 is 0 Å². The van der Waals surface area contributed by atoms with E-state index in [0.717, 1.165) is 36.6 Å². The third-order valence-electron chi connectivity index (χ3n) is 3.90. The summed E-state index contributed by atoms with van der Waals surface area (Å²) in [5, 5.41) is 13.1. The first-order valence-electron chi connectivity index (χ1n) is 7.32. The highest BCUT2D eigenvalue weighted by atomic mass is 19.4. The van der Waals surface area contributed by atoms with Crippen molar-refractivity contribution in [3.63, 3.8) is 0 Å². The van der Waals surface area contributed by atoms with Crippen LogP contribution in [0.3, 0.4) is 0 Å². The Morgan fingerprint density at radius 3 is 2.91 bits per heavy atom. The molecule has 9 heteroatoms. The fourth-order valence-corrected chi connectivity index (χ4v) is 2.74. The molecule has 2 heterocycles. The normalized spacial score (nSPS) is 14.1. The van der Waals surface area contributed by atoms with Crippen LogP contribution in [0, 0.1) is 6.92 Å². The summed E-state index contributed by atoms with van der Waals surface area (Å²) in [4.78, 5) is 12.1. The zero-order chi connectivity index (χ0) is 16.6. The Morgan fingerprint density at radius 1 is 1.43 bits per heavy atom. The van der Waals surface area contributed by atoms with Gasteiger partial charge in [0.1, 0.15) is 0 Å². The Morgan fingerprint density at radius 2 is 2.22 bits per heavy atom. The average molecular weight is 327 g/mol. The van der Waals surface area contributed by atoms with Crippen molar-refractivity contribution in [3.8, 4) is 0 Å². The van der Waals surface area contributed by atoms with Gasteiger partial charge >= 0.3 is 6.18 Å². The second kappa shape index (κ2) is 5.71. The van der Waals surface area contributed by atoms with Crippen molar-refractivity contribution in [3.05, 3.63) is 34.4 Å². The number of nitrogens with zero attached hydrogens (tertiary/aromatic N) is 3. The maximum atomic E-state index is 12.6. The molecule has 1 amide bonds. The van der Waals surface area contributed by atoms with Gasteiger partial charge in [-0.05, 0) is 32.3 Å². The summed E-state index contributed by atoms with van der Waals surface area (Å²) in [6.07, 6.45) is -1.75. The molecule has 2 aromatic heterocycles. The molecule has 2 N–H and O–H groups in total. The number of fused-ring (bicyclic) bond motifs is 1. The lowest BCUT2D eigenvalue weighted by atomic mass is 10.2. The zero-order valence-corrected chi connectivity index (χ0v) is 12.5. The van der Waals surface area contributed by atoms with Crippen LogP contribution in [-0.2, 0) is 25.6 Å². The summed E-state index contributed by atoms with van der Waals surface area (Å²) in [7, 11) is 0. The van der Waals surface area contributed by atoms with Crippen LogP contribution in [-0.4, -0.2) is 32.4 Å².